The van der Waals surface area contributed by atoms with Crippen LogP contribution in [0.3, 0.4) is 0 Å². The highest BCUT2D eigenvalue weighted by molar-refractivity contribution is 8.02. The molecule has 1 aliphatic heterocycles. The standard InChI is InChI=1S/C12H17N3O2S/c1-12(13,11(16)17)7-8-5-4-6-9-10(8)15(3)18-14(9)2/h4-6H,7,13H2,1-3H3,(H,16,17)/t12-/m0/s1. The van der Waals surface area contributed by atoms with E-state index in [-0.39, 0.29) is 0 Å². The molecule has 6 heteroatoms. The lowest BCUT2D eigenvalue weighted by Gasteiger charge is -2.22. The van der Waals surface area contributed by atoms with Gasteiger partial charge in [-0.1, -0.05) is 12.1 Å². The Balaban J connectivity index is 2.40. The Morgan fingerprint density at radius 3 is 2.72 bits per heavy atom. The van der Waals surface area contributed by atoms with E-state index in [1.807, 2.05) is 40.9 Å². The summed E-state index contributed by atoms with van der Waals surface area (Å²) < 4.78 is 4.08. The maximum atomic E-state index is 11.1. The predicted molar refractivity (Wildman–Crippen MR) is 74.8 cm³/mol. The number of fused-ring (bicyclic) bond motifs is 1. The molecular formula is C12H17N3O2S. The van der Waals surface area contributed by atoms with Crippen LogP contribution in [0.2, 0.25) is 0 Å². The van der Waals surface area contributed by atoms with Crippen LogP contribution in [0.15, 0.2) is 18.2 Å². The first-order valence-electron chi connectivity index (χ1n) is 5.62. The number of para-hydroxylation sites is 1. The second-order valence-electron chi connectivity index (χ2n) is 4.76. The minimum Gasteiger partial charge on any atom is -0.480 e. The molecule has 0 radical (unpaired) electrons. The van der Waals surface area contributed by atoms with Crippen LogP contribution in [0.25, 0.3) is 0 Å². The van der Waals surface area contributed by atoms with Crippen LogP contribution in [-0.4, -0.2) is 30.7 Å². The Kier molecular flexibility index (Phi) is 3.16. The van der Waals surface area contributed by atoms with Crippen LogP contribution < -0.4 is 14.3 Å². The van der Waals surface area contributed by atoms with Crippen LogP contribution in [0.5, 0.6) is 0 Å². The number of benzene rings is 1. The number of hydrogen-bond donors (Lipinski definition) is 2. The Morgan fingerprint density at radius 1 is 1.44 bits per heavy atom. The number of carbonyl (C=O) groups is 1. The second kappa shape index (κ2) is 4.37. The normalized spacial score (nSPS) is 17.6. The lowest BCUT2D eigenvalue weighted by Crippen LogP contribution is -2.46. The molecule has 0 aliphatic carbocycles. The highest BCUT2D eigenvalue weighted by atomic mass is 32.2. The zero-order chi connectivity index (χ0) is 13.5. The van der Waals surface area contributed by atoms with Crippen molar-refractivity contribution in [2.45, 2.75) is 18.9 Å². The molecule has 0 saturated carbocycles. The van der Waals surface area contributed by atoms with Crippen molar-refractivity contribution >= 4 is 29.5 Å². The highest BCUT2D eigenvalue weighted by Crippen LogP contribution is 2.45. The van der Waals surface area contributed by atoms with Gasteiger partial charge in [0.25, 0.3) is 0 Å². The maximum absolute atomic E-state index is 11.1. The van der Waals surface area contributed by atoms with Gasteiger partial charge in [0.05, 0.1) is 23.5 Å². The summed E-state index contributed by atoms with van der Waals surface area (Å²) in [4.78, 5) is 11.1. The predicted octanol–water partition coefficient (Wildman–Crippen LogP) is 1.48. The van der Waals surface area contributed by atoms with E-state index in [1.54, 1.807) is 19.1 Å². The fourth-order valence-corrected chi connectivity index (χ4v) is 2.97. The van der Waals surface area contributed by atoms with Crippen LogP contribution >= 0.6 is 12.1 Å². The first-order chi connectivity index (χ1) is 8.33. The monoisotopic (exact) mass is 267 g/mol. The van der Waals surface area contributed by atoms with Crippen LogP contribution in [0.4, 0.5) is 11.4 Å². The molecular weight excluding hydrogens is 250 g/mol. The molecule has 98 valence electrons. The minimum atomic E-state index is -1.25. The van der Waals surface area contributed by atoms with Crippen molar-refractivity contribution in [1.29, 1.82) is 0 Å². The van der Waals surface area contributed by atoms with Crippen LogP contribution in [0, 0.1) is 0 Å². The molecule has 5 nitrogen and oxygen atoms in total. The molecule has 3 N–H and O–H groups in total. The van der Waals surface area contributed by atoms with E-state index in [0.29, 0.717) is 6.42 Å². The topological polar surface area (TPSA) is 69.8 Å². The Morgan fingerprint density at radius 2 is 2.11 bits per heavy atom. The summed E-state index contributed by atoms with van der Waals surface area (Å²) in [6.07, 6.45) is 0.310. The van der Waals surface area contributed by atoms with Crippen molar-refractivity contribution in [2.24, 2.45) is 5.73 Å². The SMILES string of the molecule is CN1SN(C)c2c(C[C@](C)(N)C(=O)O)cccc21. The van der Waals surface area contributed by atoms with Crippen LogP contribution in [0.1, 0.15) is 12.5 Å². The third-order valence-corrected chi connectivity index (χ3v) is 3.91. The molecule has 1 aromatic rings. The van der Waals surface area contributed by atoms with E-state index in [0.717, 1.165) is 16.9 Å². The number of carboxylic acid groups (broad SMARTS) is 1. The van der Waals surface area contributed by atoms with E-state index in [1.165, 1.54) is 0 Å². The number of carboxylic acids is 1. The van der Waals surface area contributed by atoms with Gasteiger partial charge in [0.2, 0.25) is 0 Å². The van der Waals surface area contributed by atoms with Crippen molar-refractivity contribution in [3.63, 3.8) is 0 Å². The van der Waals surface area contributed by atoms with Crippen molar-refractivity contribution < 1.29 is 9.90 Å². The van der Waals surface area contributed by atoms with Gasteiger partial charge in [-0.05, 0) is 18.6 Å². The number of nitrogens with zero attached hydrogens (tertiary/aromatic N) is 2. The van der Waals surface area contributed by atoms with E-state index in [4.69, 9.17) is 10.8 Å². The van der Waals surface area contributed by atoms with Gasteiger partial charge in [0.1, 0.15) is 5.54 Å². The summed E-state index contributed by atoms with van der Waals surface area (Å²) in [7, 11) is 3.95. The molecule has 18 heavy (non-hydrogen) atoms. The summed E-state index contributed by atoms with van der Waals surface area (Å²) in [6.45, 7) is 1.54. The summed E-state index contributed by atoms with van der Waals surface area (Å²) in [6, 6.07) is 5.88. The lowest BCUT2D eigenvalue weighted by molar-refractivity contribution is -0.142. The molecule has 1 aliphatic rings. The molecule has 2 rings (SSSR count). The molecule has 0 spiro atoms. The number of hydrogen-bond acceptors (Lipinski definition) is 5. The molecule has 0 amide bonds. The summed E-state index contributed by atoms with van der Waals surface area (Å²) >= 11 is 1.58. The quantitative estimate of drug-likeness (QED) is 0.808. The average molecular weight is 267 g/mol. The molecule has 0 bridgehead atoms. The van der Waals surface area contributed by atoms with Gasteiger partial charge in [-0.2, -0.15) is 0 Å². The zero-order valence-corrected chi connectivity index (χ0v) is 11.5. The second-order valence-corrected chi connectivity index (χ2v) is 6.02. The Bertz CT molecular complexity index is 490. The molecule has 1 heterocycles. The third-order valence-electron chi connectivity index (χ3n) is 3.04. The minimum absolute atomic E-state index is 0.310. The van der Waals surface area contributed by atoms with Crippen molar-refractivity contribution in [1.82, 2.24) is 0 Å². The zero-order valence-electron chi connectivity index (χ0n) is 10.7. The molecule has 0 unspecified atom stereocenters. The van der Waals surface area contributed by atoms with Gasteiger partial charge < -0.3 is 10.8 Å². The fourth-order valence-electron chi connectivity index (χ4n) is 2.08. The first kappa shape index (κ1) is 13.0. The van der Waals surface area contributed by atoms with Gasteiger partial charge in [0.15, 0.2) is 0 Å². The van der Waals surface area contributed by atoms with Crippen molar-refractivity contribution in [3.05, 3.63) is 23.8 Å². The van der Waals surface area contributed by atoms with Gasteiger partial charge in [-0.3, -0.25) is 13.4 Å². The number of anilines is 2. The Hall–Kier alpha value is -1.40. The highest BCUT2D eigenvalue weighted by Gasteiger charge is 2.32. The van der Waals surface area contributed by atoms with Gasteiger partial charge >= 0.3 is 5.97 Å². The van der Waals surface area contributed by atoms with E-state index in [2.05, 4.69) is 0 Å². The molecule has 0 saturated heterocycles. The third kappa shape index (κ3) is 2.13. The van der Waals surface area contributed by atoms with Gasteiger partial charge in [0, 0.05) is 20.5 Å². The smallest absolute Gasteiger partial charge is 0.323 e. The van der Waals surface area contributed by atoms with E-state index < -0.39 is 11.5 Å². The molecule has 1 aromatic carbocycles. The summed E-state index contributed by atoms with van der Waals surface area (Å²) in [5, 5.41) is 9.11. The molecule has 1 atom stereocenters. The fraction of sp³-hybridized carbons (Fsp3) is 0.417. The Labute approximate surface area is 111 Å². The first-order valence-corrected chi connectivity index (χ1v) is 6.35. The van der Waals surface area contributed by atoms with E-state index in [9.17, 15) is 4.79 Å². The van der Waals surface area contributed by atoms with Gasteiger partial charge in [-0.15, -0.1) is 0 Å². The average Bonchev–Trinajstić information content (AvgIpc) is 2.55. The van der Waals surface area contributed by atoms with E-state index >= 15 is 0 Å². The molecule has 0 fully saturated rings. The van der Waals surface area contributed by atoms with Crippen molar-refractivity contribution in [2.75, 3.05) is 22.7 Å². The van der Waals surface area contributed by atoms with Crippen LogP contribution in [-0.2, 0) is 11.2 Å². The summed E-state index contributed by atoms with van der Waals surface area (Å²) in [5.74, 6) is -0.984. The number of nitrogens with two attached hydrogens (primary N) is 1. The van der Waals surface area contributed by atoms with Crippen molar-refractivity contribution in [3.8, 4) is 0 Å². The van der Waals surface area contributed by atoms with Gasteiger partial charge in [-0.25, -0.2) is 0 Å². The summed E-state index contributed by atoms with van der Waals surface area (Å²) in [5.41, 5.74) is 7.67. The lowest BCUT2D eigenvalue weighted by atomic mass is 9.92. The maximum Gasteiger partial charge on any atom is 0.323 e. The number of rotatable bonds is 3. The number of aliphatic carboxylic acids is 1. The molecule has 0 aromatic heterocycles. The largest absolute Gasteiger partial charge is 0.480 e.